The van der Waals surface area contributed by atoms with Gasteiger partial charge in [0.1, 0.15) is 5.75 Å². The third-order valence-electron chi connectivity index (χ3n) is 5.31. The van der Waals surface area contributed by atoms with Crippen molar-refractivity contribution in [3.05, 3.63) is 29.8 Å². The van der Waals surface area contributed by atoms with Crippen LogP contribution in [-0.4, -0.2) is 29.1 Å². The van der Waals surface area contributed by atoms with Crippen molar-refractivity contribution in [1.82, 2.24) is 4.90 Å². The molecule has 0 aromatic heterocycles. The second-order valence-corrected chi connectivity index (χ2v) is 6.60. The van der Waals surface area contributed by atoms with Gasteiger partial charge in [-0.15, -0.1) is 0 Å². The van der Waals surface area contributed by atoms with Gasteiger partial charge in [-0.3, -0.25) is 0 Å². The van der Waals surface area contributed by atoms with E-state index < -0.39 is 0 Å². The lowest BCUT2D eigenvalue weighted by Gasteiger charge is -2.49. The van der Waals surface area contributed by atoms with Crippen LogP contribution >= 0.6 is 0 Å². The lowest BCUT2D eigenvalue weighted by atomic mass is 9.65. The standard InChI is InChI=1S/C18H29NO/c1-5-8-16-12-18(4,14(3)13-19(16)6-2)15-9-7-10-17(20)11-15/h7,9-11,14,16,20H,5-6,8,12-13H2,1-4H3/t14?,16?,18-/m1/s1. The molecule has 0 amide bonds. The van der Waals surface area contributed by atoms with Gasteiger partial charge in [0.2, 0.25) is 0 Å². The molecule has 112 valence electrons. The summed E-state index contributed by atoms with van der Waals surface area (Å²) in [7, 11) is 0. The minimum atomic E-state index is 0.171. The molecule has 3 atom stereocenters. The molecule has 0 aliphatic carbocycles. The van der Waals surface area contributed by atoms with Crippen LogP contribution in [0.4, 0.5) is 0 Å². The van der Waals surface area contributed by atoms with E-state index in [0.717, 1.165) is 13.1 Å². The Kier molecular flexibility index (Phi) is 4.74. The Morgan fingerprint density at radius 3 is 2.70 bits per heavy atom. The van der Waals surface area contributed by atoms with Crippen molar-refractivity contribution >= 4 is 0 Å². The maximum atomic E-state index is 9.80. The molecule has 2 heteroatoms. The number of rotatable bonds is 4. The van der Waals surface area contributed by atoms with Crippen molar-refractivity contribution in [2.24, 2.45) is 5.92 Å². The molecule has 20 heavy (non-hydrogen) atoms. The Labute approximate surface area is 123 Å². The minimum Gasteiger partial charge on any atom is -0.508 e. The van der Waals surface area contributed by atoms with E-state index in [1.165, 1.54) is 24.8 Å². The van der Waals surface area contributed by atoms with Gasteiger partial charge in [-0.2, -0.15) is 0 Å². The third-order valence-corrected chi connectivity index (χ3v) is 5.31. The molecule has 1 aromatic rings. The molecule has 0 saturated carbocycles. The molecule has 0 radical (unpaired) electrons. The van der Waals surface area contributed by atoms with E-state index in [1.807, 2.05) is 12.1 Å². The van der Waals surface area contributed by atoms with Crippen LogP contribution < -0.4 is 0 Å². The van der Waals surface area contributed by atoms with Gasteiger partial charge in [0.05, 0.1) is 0 Å². The summed E-state index contributed by atoms with van der Waals surface area (Å²) >= 11 is 0. The van der Waals surface area contributed by atoms with Crippen molar-refractivity contribution < 1.29 is 5.11 Å². The summed E-state index contributed by atoms with van der Waals surface area (Å²) in [5.41, 5.74) is 1.46. The number of benzene rings is 1. The van der Waals surface area contributed by atoms with Crippen LogP contribution in [0.3, 0.4) is 0 Å². The first-order chi connectivity index (χ1) is 9.51. The quantitative estimate of drug-likeness (QED) is 0.891. The molecule has 1 fully saturated rings. The number of hydrogen-bond acceptors (Lipinski definition) is 2. The fraction of sp³-hybridized carbons (Fsp3) is 0.667. The first kappa shape index (κ1) is 15.4. The summed E-state index contributed by atoms with van der Waals surface area (Å²) < 4.78 is 0. The molecule has 1 aliphatic heterocycles. The first-order valence-corrected chi connectivity index (χ1v) is 8.04. The summed E-state index contributed by atoms with van der Waals surface area (Å²) in [5, 5.41) is 9.80. The number of likely N-dealkylation sites (tertiary alicyclic amines) is 1. The number of piperidine rings is 1. The topological polar surface area (TPSA) is 23.5 Å². The molecule has 2 nitrogen and oxygen atoms in total. The zero-order chi connectivity index (χ0) is 14.8. The Morgan fingerprint density at radius 1 is 1.35 bits per heavy atom. The SMILES string of the molecule is CCCC1C[C@@](C)(c2cccc(O)c2)C(C)CN1CC. The van der Waals surface area contributed by atoms with Crippen molar-refractivity contribution in [3.8, 4) is 5.75 Å². The second-order valence-electron chi connectivity index (χ2n) is 6.60. The lowest BCUT2D eigenvalue weighted by Crippen LogP contribution is -2.52. The van der Waals surface area contributed by atoms with Crippen molar-refractivity contribution in [2.75, 3.05) is 13.1 Å². The highest BCUT2D eigenvalue weighted by atomic mass is 16.3. The monoisotopic (exact) mass is 275 g/mol. The van der Waals surface area contributed by atoms with Gasteiger partial charge < -0.3 is 10.0 Å². The van der Waals surface area contributed by atoms with Gasteiger partial charge in [0, 0.05) is 12.6 Å². The fourth-order valence-electron chi connectivity index (χ4n) is 3.79. The number of aromatic hydroxyl groups is 1. The van der Waals surface area contributed by atoms with E-state index in [-0.39, 0.29) is 5.41 Å². The van der Waals surface area contributed by atoms with Gasteiger partial charge in [0.25, 0.3) is 0 Å². The highest BCUT2D eigenvalue weighted by molar-refractivity contribution is 5.34. The molecular weight excluding hydrogens is 246 g/mol. The third kappa shape index (κ3) is 2.85. The normalized spacial score (nSPS) is 31.4. The largest absolute Gasteiger partial charge is 0.508 e. The maximum absolute atomic E-state index is 9.80. The number of nitrogens with zero attached hydrogens (tertiary/aromatic N) is 1. The molecule has 1 aliphatic rings. The van der Waals surface area contributed by atoms with Crippen LogP contribution in [-0.2, 0) is 5.41 Å². The maximum Gasteiger partial charge on any atom is 0.115 e. The average molecular weight is 275 g/mol. The van der Waals surface area contributed by atoms with Crippen LogP contribution in [0.15, 0.2) is 24.3 Å². The van der Waals surface area contributed by atoms with Gasteiger partial charge in [-0.25, -0.2) is 0 Å². The first-order valence-electron chi connectivity index (χ1n) is 8.04. The number of phenols is 1. The van der Waals surface area contributed by atoms with Crippen LogP contribution in [0.25, 0.3) is 0 Å². The minimum absolute atomic E-state index is 0.171. The lowest BCUT2D eigenvalue weighted by molar-refractivity contribution is 0.0539. The Hall–Kier alpha value is -1.02. The Morgan fingerprint density at radius 2 is 2.10 bits per heavy atom. The summed E-state index contributed by atoms with van der Waals surface area (Å²) in [6, 6.07) is 8.56. The van der Waals surface area contributed by atoms with E-state index in [1.54, 1.807) is 6.07 Å². The smallest absolute Gasteiger partial charge is 0.115 e. The van der Waals surface area contributed by atoms with Gasteiger partial charge in [-0.1, -0.05) is 46.2 Å². The molecule has 1 aromatic carbocycles. The summed E-state index contributed by atoms with van der Waals surface area (Å²) in [6.07, 6.45) is 3.71. The van der Waals surface area contributed by atoms with E-state index in [0.29, 0.717) is 17.7 Å². The molecule has 2 unspecified atom stereocenters. The van der Waals surface area contributed by atoms with Crippen LogP contribution in [0.1, 0.15) is 52.5 Å². The highest BCUT2D eigenvalue weighted by Gasteiger charge is 2.41. The van der Waals surface area contributed by atoms with Crippen LogP contribution in [0.2, 0.25) is 0 Å². The molecule has 1 N–H and O–H groups in total. The highest BCUT2D eigenvalue weighted by Crippen LogP contribution is 2.43. The van der Waals surface area contributed by atoms with E-state index in [4.69, 9.17) is 0 Å². The molecule has 2 rings (SSSR count). The molecule has 0 spiro atoms. The van der Waals surface area contributed by atoms with Crippen molar-refractivity contribution in [3.63, 3.8) is 0 Å². The number of phenolic OH excluding ortho intramolecular Hbond substituents is 1. The summed E-state index contributed by atoms with van der Waals surface area (Å²) in [5.74, 6) is 0.998. The van der Waals surface area contributed by atoms with Crippen molar-refractivity contribution in [2.45, 2.75) is 58.4 Å². The Bertz CT molecular complexity index is 445. The van der Waals surface area contributed by atoms with Crippen LogP contribution in [0, 0.1) is 5.92 Å². The zero-order valence-corrected chi connectivity index (χ0v) is 13.4. The fourth-order valence-corrected chi connectivity index (χ4v) is 3.79. The average Bonchev–Trinajstić information content (AvgIpc) is 2.43. The van der Waals surface area contributed by atoms with E-state index in [2.05, 4.69) is 38.7 Å². The molecule has 1 saturated heterocycles. The summed E-state index contributed by atoms with van der Waals surface area (Å²) in [4.78, 5) is 2.64. The predicted octanol–water partition coefficient (Wildman–Crippen LogP) is 4.18. The van der Waals surface area contributed by atoms with E-state index >= 15 is 0 Å². The van der Waals surface area contributed by atoms with Gasteiger partial charge in [0.15, 0.2) is 0 Å². The Balaban J connectivity index is 2.29. The van der Waals surface area contributed by atoms with Gasteiger partial charge >= 0.3 is 0 Å². The zero-order valence-electron chi connectivity index (χ0n) is 13.4. The van der Waals surface area contributed by atoms with Crippen LogP contribution in [0.5, 0.6) is 5.75 Å². The molecule has 1 heterocycles. The van der Waals surface area contributed by atoms with Gasteiger partial charge in [-0.05, 0) is 48.4 Å². The summed E-state index contributed by atoms with van der Waals surface area (Å²) in [6.45, 7) is 11.6. The predicted molar refractivity (Wildman–Crippen MR) is 85.2 cm³/mol. The second kappa shape index (κ2) is 6.17. The molecular formula is C18H29NO. The van der Waals surface area contributed by atoms with E-state index in [9.17, 15) is 5.11 Å². The van der Waals surface area contributed by atoms with Crippen molar-refractivity contribution in [1.29, 1.82) is 0 Å². The number of hydrogen-bond donors (Lipinski definition) is 1. The molecule has 0 bridgehead atoms.